The van der Waals surface area contributed by atoms with Crippen molar-refractivity contribution in [3.8, 4) is 16.8 Å². The van der Waals surface area contributed by atoms with Crippen LogP contribution in [0.4, 0.5) is 11.4 Å². The molecule has 304 valence electrons. The van der Waals surface area contributed by atoms with Crippen molar-refractivity contribution >= 4 is 61.5 Å². The van der Waals surface area contributed by atoms with E-state index in [1.54, 1.807) is 0 Å². The van der Waals surface area contributed by atoms with E-state index in [4.69, 9.17) is 9.41 Å². The molecule has 4 nitrogen and oxygen atoms in total. The summed E-state index contributed by atoms with van der Waals surface area (Å²) in [5.74, 6) is 0.981. The predicted molar refractivity (Wildman–Crippen MR) is 263 cm³/mol. The second-order valence-electron chi connectivity index (χ2n) is 16.5. The van der Waals surface area contributed by atoms with Gasteiger partial charge in [-0.25, -0.2) is 0 Å². The van der Waals surface area contributed by atoms with Gasteiger partial charge in [0.05, 0.1) is 22.8 Å². The van der Waals surface area contributed by atoms with E-state index >= 15 is 0 Å². The Labute approximate surface area is 364 Å². The van der Waals surface area contributed by atoms with Gasteiger partial charge in [0.1, 0.15) is 11.3 Å². The van der Waals surface area contributed by atoms with Crippen molar-refractivity contribution in [2.45, 2.75) is 58.9 Å². The molecule has 0 radical (unpaired) electrons. The molecule has 0 bridgehead atoms. The van der Waals surface area contributed by atoms with Gasteiger partial charge in [-0.05, 0) is 127 Å². The van der Waals surface area contributed by atoms with E-state index in [2.05, 4.69) is 213 Å². The molecule has 2 heterocycles. The summed E-state index contributed by atoms with van der Waals surface area (Å²) in [6, 6.07) is 59.1. The van der Waals surface area contributed by atoms with Gasteiger partial charge in [-0.1, -0.05) is 136 Å². The van der Waals surface area contributed by atoms with Crippen LogP contribution in [0.1, 0.15) is 79.7 Å². The highest BCUT2D eigenvalue weighted by molar-refractivity contribution is 6.14. The molecule has 1 atom stereocenters. The summed E-state index contributed by atoms with van der Waals surface area (Å²) in [6.07, 6.45) is 11.5. The number of hydrogen-bond donors (Lipinski definition) is 1. The zero-order valence-electron chi connectivity index (χ0n) is 35.7. The van der Waals surface area contributed by atoms with E-state index in [1.165, 1.54) is 66.1 Å². The van der Waals surface area contributed by atoms with Crippen LogP contribution >= 0.6 is 0 Å². The van der Waals surface area contributed by atoms with Crippen molar-refractivity contribution in [2.24, 2.45) is 4.99 Å². The van der Waals surface area contributed by atoms with Crippen LogP contribution in [0.25, 0.3) is 61.2 Å². The Kier molecular flexibility index (Phi) is 10.7. The lowest BCUT2D eigenvalue weighted by Gasteiger charge is -2.18. The molecule has 2 aromatic heterocycles. The van der Waals surface area contributed by atoms with Gasteiger partial charge in [-0.15, -0.1) is 0 Å². The standard InChI is InChI=1S/C58H51N3O/c1-4-19-52(60-54(34-39(3)41-20-8-6-9-21-41)43-32-33-49-48-28-14-17-31-57(48)62-58(49)37-43)42-22-18-25-45(35-42)61-55-30-16-13-27-47(55)51-36-40(5-2)50(38-56(51)61)46-26-12-15-29-53(46)59-44-23-10-7-11-24-44/h6-13,15-18,20-27,29-38,52,59H,4-5,14,19,28H2,1-3H3/b39-34+,60-54?. The van der Waals surface area contributed by atoms with Crippen molar-refractivity contribution in [1.29, 1.82) is 0 Å². The Morgan fingerprint density at radius 2 is 1.50 bits per heavy atom. The average Bonchev–Trinajstić information content (AvgIpc) is 3.86. The van der Waals surface area contributed by atoms with Crippen LogP contribution < -0.4 is 5.32 Å². The lowest BCUT2D eigenvalue weighted by atomic mass is 9.94. The van der Waals surface area contributed by atoms with Crippen LogP contribution in [0, 0.1) is 0 Å². The van der Waals surface area contributed by atoms with Gasteiger partial charge in [0.25, 0.3) is 0 Å². The number of hydrogen-bond acceptors (Lipinski definition) is 3. The summed E-state index contributed by atoms with van der Waals surface area (Å²) in [5, 5.41) is 7.43. The first kappa shape index (κ1) is 39.0. The molecule has 9 aromatic rings. The third-order valence-corrected chi connectivity index (χ3v) is 12.5. The van der Waals surface area contributed by atoms with Crippen molar-refractivity contribution in [2.75, 3.05) is 5.32 Å². The van der Waals surface area contributed by atoms with Crippen molar-refractivity contribution < 1.29 is 4.42 Å². The number of anilines is 2. The first-order valence-corrected chi connectivity index (χ1v) is 22.2. The fourth-order valence-corrected chi connectivity index (χ4v) is 9.33. The van der Waals surface area contributed by atoms with E-state index < -0.39 is 0 Å². The maximum absolute atomic E-state index is 6.45. The van der Waals surface area contributed by atoms with Crippen LogP contribution in [0.5, 0.6) is 0 Å². The fraction of sp³-hybridized carbons (Fsp3) is 0.155. The molecule has 4 heteroatoms. The highest BCUT2D eigenvalue weighted by Gasteiger charge is 2.21. The number of para-hydroxylation sites is 3. The topological polar surface area (TPSA) is 42.5 Å². The summed E-state index contributed by atoms with van der Waals surface area (Å²) >= 11 is 0. The van der Waals surface area contributed by atoms with Crippen LogP contribution in [0.3, 0.4) is 0 Å². The number of aliphatic imine (C=N–C) groups is 1. The number of aryl methyl sites for hydroxylation is 2. The lowest BCUT2D eigenvalue weighted by molar-refractivity contribution is 0.595. The van der Waals surface area contributed by atoms with Gasteiger partial charge in [0.15, 0.2) is 0 Å². The summed E-state index contributed by atoms with van der Waals surface area (Å²) in [5.41, 5.74) is 17.2. The second kappa shape index (κ2) is 17.1. The Morgan fingerprint density at radius 3 is 2.34 bits per heavy atom. The Balaban J connectivity index is 1.11. The number of aromatic nitrogens is 1. The van der Waals surface area contributed by atoms with Gasteiger partial charge >= 0.3 is 0 Å². The normalized spacial score (nSPS) is 13.5. The van der Waals surface area contributed by atoms with Crippen LogP contribution in [0.15, 0.2) is 185 Å². The van der Waals surface area contributed by atoms with Gasteiger partial charge in [-0.2, -0.15) is 0 Å². The molecule has 0 amide bonds. The molecule has 0 aliphatic heterocycles. The summed E-state index contributed by atoms with van der Waals surface area (Å²) in [6.45, 7) is 6.71. The Hall–Kier alpha value is -7.17. The second-order valence-corrected chi connectivity index (χ2v) is 16.5. The highest BCUT2D eigenvalue weighted by atomic mass is 16.3. The summed E-state index contributed by atoms with van der Waals surface area (Å²) in [4.78, 5) is 5.70. The fourth-order valence-electron chi connectivity index (χ4n) is 9.33. The Bertz CT molecular complexity index is 3160. The van der Waals surface area contributed by atoms with E-state index in [1.807, 2.05) is 0 Å². The summed E-state index contributed by atoms with van der Waals surface area (Å²) in [7, 11) is 0. The largest absolute Gasteiger partial charge is 0.456 e. The first-order chi connectivity index (χ1) is 30.6. The molecule has 1 aliphatic rings. The third kappa shape index (κ3) is 7.47. The molecule has 62 heavy (non-hydrogen) atoms. The molecule has 1 aliphatic carbocycles. The number of furan rings is 1. The van der Waals surface area contributed by atoms with E-state index in [0.29, 0.717) is 0 Å². The van der Waals surface area contributed by atoms with Crippen LogP contribution in [-0.2, 0) is 12.8 Å². The van der Waals surface area contributed by atoms with Crippen LogP contribution in [-0.4, -0.2) is 10.3 Å². The molecular formula is C58H51N3O. The van der Waals surface area contributed by atoms with Gasteiger partial charge in [-0.3, -0.25) is 4.99 Å². The quantitative estimate of drug-likeness (QED) is 0.125. The molecule has 1 N–H and O–H groups in total. The van der Waals surface area contributed by atoms with Crippen molar-refractivity contribution in [3.63, 3.8) is 0 Å². The highest BCUT2D eigenvalue weighted by Crippen LogP contribution is 2.41. The van der Waals surface area contributed by atoms with E-state index in [9.17, 15) is 0 Å². The minimum Gasteiger partial charge on any atom is -0.456 e. The van der Waals surface area contributed by atoms with Crippen molar-refractivity contribution in [3.05, 3.63) is 210 Å². The molecule has 1 unspecified atom stereocenters. The molecule has 7 aromatic carbocycles. The minimum absolute atomic E-state index is 0.0653. The number of nitrogens with one attached hydrogen (secondary N) is 1. The molecule has 10 rings (SSSR count). The van der Waals surface area contributed by atoms with E-state index in [0.717, 1.165) is 71.8 Å². The van der Waals surface area contributed by atoms with Gasteiger partial charge < -0.3 is 14.3 Å². The number of allylic oxidation sites excluding steroid dienone is 3. The Morgan fingerprint density at radius 1 is 0.710 bits per heavy atom. The zero-order valence-corrected chi connectivity index (χ0v) is 35.7. The van der Waals surface area contributed by atoms with Gasteiger partial charge in [0.2, 0.25) is 0 Å². The SMILES string of the molecule is CCCC(N=C(/C=C(\C)c1ccccc1)c1ccc2c3c(oc2c1)C=CCC3)c1cccc(-n2c3ccccc3c3cc(CC)c(-c4ccccc4Nc4ccccc4)cc32)c1. The molecule has 0 saturated heterocycles. The number of rotatable bonds is 12. The third-order valence-electron chi connectivity index (χ3n) is 12.5. The lowest BCUT2D eigenvalue weighted by Crippen LogP contribution is -2.05. The number of nitrogens with zero attached hydrogens (tertiary/aromatic N) is 2. The number of benzene rings is 7. The van der Waals surface area contributed by atoms with Gasteiger partial charge in [0, 0.05) is 49.9 Å². The maximum Gasteiger partial charge on any atom is 0.135 e. The first-order valence-electron chi connectivity index (χ1n) is 22.2. The molecule has 0 fully saturated rings. The summed E-state index contributed by atoms with van der Waals surface area (Å²) < 4.78 is 8.91. The monoisotopic (exact) mass is 805 g/mol. The average molecular weight is 806 g/mol. The zero-order chi connectivity index (χ0) is 42.0. The smallest absolute Gasteiger partial charge is 0.135 e. The molecule has 0 spiro atoms. The van der Waals surface area contributed by atoms with Crippen molar-refractivity contribution in [1.82, 2.24) is 4.57 Å². The molecular weight excluding hydrogens is 755 g/mol. The predicted octanol–water partition coefficient (Wildman–Crippen LogP) is 15.9. The maximum atomic E-state index is 6.45. The number of fused-ring (bicyclic) bond motifs is 6. The van der Waals surface area contributed by atoms with E-state index in [-0.39, 0.29) is 6.04 Å². The van der Waals surface area contributed by atoms with Crippen LogP contribution in [0.2, 0.25) is 0 Å². The molecule has 0 saturated carbocycles. The minimum atomic E-state index is -0.0653.